The summed E-state index contributed by atoms with van der Waals surface area (Å²) in [5, 5.41) is 6.64. The molecule has 5 heteroatoms. The van der Waals surface area contributed by atoms with Crippen molar-refractivity contribution in [2.45, 2.75) is 19.3 Å². The van der Waals surface area contributed by atoms with Crippen molar-refractivity contribution < 1.29 is 9.59 Å². The van der Waals surface area contributed by atoms with Crippen molar-refractivity contribution in [3.8, 4) is 0 Å². The Morgan fingerprint density at radius 3 is 2.62 bits per heavy atom. The number of rotatable bonds is 3. The van der Waals surface area contributed by atoms with Crippen LogP contribution in [-0.4, -0.2) is 18.4 Å². The molecule has 0 unspecified atom stereocenters. The Labute approximate surface area is 127 Å². The fraction of sp³-hybridized carbons (Fsp3) is 0.250. The van der Waals surface area contributed by atoms with Gasteiger partial charge < -0.3 is 10.2 Å². The summed E-state index contributed by atoms with van der Waals surface area (Å²) in [4.78, 5) is 25.7. The van der Waals surface area contributed by atoms with Crippen LogP contribution < -0.4 is 10.2 Å². The molecule has 1 aromatic carbocycles. The zero-order chi connectivity index (χ0) is 14.7. The maximum Gasteiger partial charge on any atom is 0.255 e. The molecule has 1 saturated heterocycles. The van der Waals surface area contributed by atoms with E-state index in [1.165, 1.54) is 11.3 Å². The van der Waals surface area contributed by atoms with Gasteiger partial charge in [0.05, 0.1) is 5.69 Å². The molecule has 108 valence electrons. The van der Waals surface area contributed by atoms with Crippen molar-refractivity contribution in [3.05, 3.63) is 46.7 Å². The first-order chi connectivity index (χ1) is 10.2. The van der Waals surface area contributed by atoms with Crippen molar-refractivity contribution in [3.63, 3.8) is 0 Å². The standard InChI is InChI=1S/C16H16N2O2S/c19-15-3-1-2-9-18(15)14-6-4-12(5-7-14)16(20)17-13-8-10-21-11-13/h4-8,10-11H,1-3,9H2,(H,17,20). The van der Waals surface area contributed by atoms with Crippen molar-refractivity contribution >= 4 is 34.5 Å². The number of hydrogen-bond donors (Lipinski definition) is 1. The molecule has 0 saturated carbocycles. The van der Waals surface area contributed by atoms with E-state index in [0.29, 0.717) is 12.0 Å². The Kier molecular flexibility index (Phi) is 4.01. The first kappa shape index (κ1) is 13.8. The van der Waals surface area contributed by atoms with Crippen LogP contribution in [0.4, 0.5) is 11.4 Å². The maximum atomic E-state index is 12.1. The van der Waals surface area contributed by atoms with Crippen LogP contribution in [0.2, 0.25) is 0 Å². The lowest BCUT2D eigenvalue weighted by Crippen LogP contribution is -2.35. The molecule has 1 fully saturated rings. The van der Waals surface area contributed by atoms with Crippen molar-refractivity contribution in [1.29, 1.82) is 0 Å². The number of anilines is 2. The molecular weight excluding hydrogens is 284 g/mol. The van der Waals surface area contributed by atoms with Crippen molar-refractivity contribution in [2.75, 3.05) is 16.8 Å². The first-order valence-corrected chi connectivity index (χ1v) is 7.92. The monoisotopic (exact) mass is 300 g/mol. The van der Waals surface area contributed by atoms with E-state index < -0.39 is 0 Å². The molecule has 4 nitrogen and oxygen atoms in total. The Morgan fingerprint density at radius 2 is 1.95 bits per heavy atom. The zero-order valence-corrected chi connectivity index (χ0v) is 12.4. The summed E-state index contributed by atoms with van der Waals surface area (Å²) in [5.41, 5.74) is 2.27. The van der Waals surface area contributed by atoms with Crippen molar-refractivity contribution in [2.24, 2.45) is 0 Å². The number of benzene rings is 1. The molecular formula is C16H16N2O2S. The molecule has 2 aromatic rings. The van der Waals surface area contributed by atoms with Gasteiger partial charge in [-0.1, -0.05) is 0 Å². The van der Waals surface area contributed by atoms with Gasteiger partial charge in [-0.3, -0.25) is 9.59 Å². The third-order valence-electron chi connectivity index (χ3n) is 3.54. The molecule has 3 rings (SSSR count). The highest BCUT2D eigenvalue weighted by molar-refractivity contribution is 7.08. The van der Waals surface area contributed by atoms with Crippen LogP contribution in [0.5, 0.6) is 0 Å². The molecule has 1 N–H and O–H groups in total. The molecule has 0 bridgehead atoms. The van der Waals surface area contributed by atoms with Crippen molar-refractivity contribution in [1.82, 2.24) is 0 Å². The Morgan fingerprint density at radius 1 is 1.14 bits per heavy atom. The van der Waals surface area contributed by atoms with Gasteiger partial charge in [-0.05, 0) is 48.6 Å². The minimum atomic E-state index is -0.134. The fourth-order valence-electron chi connectivity index (χ4n) is 2.41. The summed E-state index contributed by atoms with van der Waals surface area (Å²) in [5.74, 6) is 0.0293. The summed E-state index contributed by atoms with van der Waals surface area (Å²) >= 11 is 1.54. The highest BCUT2D eigenvalue weighted by Gasteiger charge is 2.19. The Bertz CT molecular complexity index is 635. The van der Waals surface area contributed by atoms with Crippen LogP contribution in [-0.2, 0) is 4.79 Å². The third-order valence-corrected chi connectivity index (χ3v) is 4.23. The molecule has 1 aromatic heterocycles. The van der Waals surface area contributed by atoms with Gasteiger partial charge in [0.1, 0.15) is 0 Å². The lowest BCUT2D eigenvalue weighted by atomic mass is 10.1. The van der Waals surface area contributed by atoms with Gasteiger partial charge in [0.2, 0.25) is 5.91 Å². The zero-order valence-electron chi connectivity index (χ0n) is 11.5. The van der Waals surface area contributed by atoms with E-state index in [9.17, 15) is 9.59 Å². The van der Waals surface area contributed by atoms with Gasteiger partial charge in [0.15, 0.2) is 0 Å². The second kappa shape index (κ2) is 6.10. The second-order valence-electron chi connectivity index (χ2n) is 5.02. The van der Waals surface area contributed by atoms with E-state index >= 15 is 0 Å². The lowest BCUT2D eigenvalue weighted by molar-refractivity contribution is -0.119. The van der Waals surface area contributed by atoms with Crippen LogP contribution in [0.3, 0.4) is 0 Å². The van der Waals surface area contributed by atoms with E-state index in [4.69, 9.17) is 0 Å². The van der Waals surface area contributed by atoms with Crippen LogP contribution >= 0.6 is 11.3 Å². The molecule has 0 radical (unpaired) electrons. The highest BCUT2D eigenvalue weighted by Crippen LogP contribution is 2.22. The minimum absolute atomic E-state index is 0.134. The van der Waals surface area contributed by atoms with Gasteiger partial charge in [-0.15, -0.1) is 0 Å². The van der Waals surface area contributed by atoms with Crippen LogP contribution in [0.25, 0.3) is 0 Å². The summed E-state index contributed by atoms with van der Waals surface area (Å²) < 4.78 is 0. The number of carbonyl (C=O) groups excluding carboxylic acids is 2. The number of amides is 2. The van der Waals surface area contributed by atoms with Crippen LogP contribution in [0.15, 0.2) is 41.1 Å². The molecule has 2 amide bonds. The average Bonchev–Trinajstić information content (AvgIpc) is 3.01. The molecule has 2 heterocycles. The number of piperidine rings is 1. The van der Waals surface area contributed by atoms with E-state index in [2.05, 4.69) is 5.32 Å². The number of nitrogens with zero attached hydrogens (tertiary/aromatic N) is 1. The summed E-state index contributed by atoms with van der Waals surface area (Å²) in [6.45, 7) is 0.763. The van der Waals surface area contributed by atoms with E-state index in [-0.39, 0.29) is 11.8 Å². The first-order valence-electron chi connectivity index (χ1n) is 6.98. The average molecular weight is 300 g/mol. The molecule has 21 heavy (non-hydrogen) atoms. The molecule has 1 aliphatic rings. The normalized spacial score (nSPS) is 15.0. The molecule has 1 aliphatic heterocycles. The fourth-order valence-corrected chi connectivity index (χ4v) is 3.00. The second-order valence-corrected chi connectivity index (χ2v) is 5.80. The largest absolute Gasteiger partial charge is 0.321 e. The predicted octanol–water partition coefficient (Wildman–Crippen LogP) is 3.52. The van der Waals surface area contributed by atoms with Crippen LogP contribution in [0, 0.1) is 0 Å². The quantitative estimate of drug-likeness (QED) is 0.943. The third kappa shape index (κ3) is 3.13. The number of carbonyl (C=O) groups is 2. The van der Waals surface area contributed by atoms with Gasteiger partial charge in [0.25, 0.3) is 5.91 Å². The van der Waals surface area contributed by atoms with Gasteiger partial charge in [0, 0.05) is 29.6 Å². The molecule has 0 atom stereocenters. The van der Waals surface area contributed by atoms with E-state index in [0.717, 1.165) is 30.8 Å². The Balaban J connectivity index is 1.71. The highest BCUT2D eigenvalue weighted by atomic mass is 32.1. The summed E-state index contributed by atoms with van der Waals surface area (Å²) in [7, 11) is 0. The number of thiophene rings is 1. The number of nitrogens with one attached hydrogen (secondary N) is 1. The van der Waals surface area contributed by atoms with Gasteiger partial charge in [-0.2, -0.15) is 11.3 Å². The van der Waals surface area contributed by atoms with E-state index in [1.54, 1.807) is 17.0 Å². The topological polar surface area (TPSA) is 49.4 Å². The minimum Gasteiger partial charge on any atom is -0.321 e. The van der Waals surface area contributed by atoms with Gasteiger partial charge >= 0.3 is 0 Å². The molecule has 0 aliphatic carbocycles. The van der Waals surface area contributed by atoms with Crippen LogP contribution in [0.1, 0.15) is 29.6 Å². The maximum absolute atomic E-state index is 12.1. The van der Waals surface area contributed by atoms with Gasteiger partial charge in [-0.25, -0.2) is 0 Å². The van der Waals surface area contributed by atoms with E-state index in [1.807, 2.05) is 29.0 Å². The molecule has 0 spiro atoms. The summed E-state index contributed by atoms with van der Waals surface area (Å²) in [6, 6.07) is 9.07. The number of hydrogen-bond acceptors (Lipinski definition) is 3. The summed E-state index contributed by atoms with van der Waals surface area (Å²) in [6.07, 6.45) is 2.61. The Hall–Kier alpha value is -2.14. The SMILES string of the molecule is O=C(Nc1ccsc1)c1ccc(N2CCCCC2=O)cc1. The predicted molar refractivity (Wildman–Crippen MR) is 84.9 cm³/mol. The smallest absolute Gasteiger partial charge is 0.255 e. The lowest BCUT2D eigenvalue weighted by Gasteiger charge is -2.26.